The summed E-state index contributed by atoms with van der Waals surface area (Å²) in [7, 11) is 0. The highest BCUT2D eigenvalue weighted by molar-refractivity contribution is 7.16. The van der Waals surface area contributed by atoms with E-state index >= 15 is 0 Å². The highest BCUT2D eigenvalue weighted by Gasteiger charge is 2.28. The first kappa shape index (κ1) is 18.6. The van der Waals surface area contributed by atoms with Crippen LogP contribution >= 0.6 is 11.3 Å². The molecule has 146 valence electrons. The van der Waals surface area contributed by atoms with Gasteiger partial charge in [0, 0.05) is 30.3 Å². The van der Waals surface area contributed by atoms with Crippen LogP contribution in [0.5, 0.6) is 6.01 Å². The van der Waals surface area contributed by atoms with Crippen molar-refractivity contribution in [1.29, 1.82) is 0 Å². The summed E-state index contributed by atoms with van der Waals surface area (Å²) in [6, 6.07) is 6.19. The number of aromatic nitrogens is 4. The highest BCUT2D eigenvalue weighted by atomic mass is 32.1. The van der Waals surface area contributed by atoms with Gasteiger partial charge in [0.05, 0.1) is 12.2 Å². The molecule has 0 N–H and O–H groups in total. The molecule has 0 saturated carbocycles. The molecule has 1 amide bonds. The lowest BCUT2D eigenvalue weighted by Gasteiger charge is -2.32. The van der Waals surface area contributed by atoms with Crippen LogP contribution in [0.15, 0.2) is 30.6 Å². The Kier molecular flexibility index (Phi) is 5.13. The molecule has 28 heavy (non-hydrogen) atoms. The number of aryl methyl sites for hydroxylation is 3. The van der Waals surface area contributed by atoms with E-state index in [2.05, 4.69) is 15.0 Å². The number of ether oxygens (including phenoxy) is 1. The minimum atomic E-state index is -0.101. The quantitative estimate of drug-likeness (QED) is 0.675. The van der Waals surface area contributed by atoms with Crippen LogP contribution in [-0.4, -0.2) is 49.5 Å². The number of piperidine rings is 1. The summed E-state index contributed by atoms with van der Waals surface area (Å²) in [5.41, 5.74) is 2.52. The Morgan fingerprint density at radius 3 is 2.57 bits per heavy atom. The molecule has 3 aromatic rings. The third-order valence-electron chi connectivity index (χ3n) is 4.70. The fraction of sp³-hybridized carbons (Fsp3) is 0.400. The van der Waals surface area contributed by atoms with Gasteiger partial charge in [-0.05, 0) is 51.8 Å². The fourth-order valence-electron chi connectivity index (χ4n) is 3.41. The van der Waals surface area contributed by atoms with Crippen molar-refractivity contribution in [3.8, 4) is 11.1 Å². The molecule has 0 bridgehead atoms. The Labute approximate surface area is 168 Å². The van der Waals surface area contributed by atoms with Gasteiger partial charge in [0.2, 0.25) is 0 Å². The Bertz CT molecular complexity index is 962. The zero-order valence-electron chi connectivity index (χ0n) is 16.3. The Morgan fingerprint density at radius 2 is 1.86 bits per heavy atom. The highest BCUT2D eigenvalue weighted by Crippen LogP contribution is 2.25. The van der Waals surface area contributed by atoms with Crippen LogP contribution in [0.25, 0.3) is 5.13 Å². The number of carbonyl (C=O) groups is 1. The van der Waals surface area contributed by atoms with Crippen molar-refractivity contribution in [3.05, 3.63) is 52.6 Å². The first-order valence-electron chi connectivity index (χ1n) is 9.38. The summed E-state index contributed by atoms with van der Waals surface area (Å²) in [5.74, 6) is 0.0167. The van der Waals surface area contributed by atoms with E-state index in [9.17, 15) is 4.79 Å². The van der Waals surface area contributed by atoms with Crippen molar-refractivity contribution in [3.63, 3.8) is 0 Å². The number of carbonyl (C=O) groups excluding carboxylic acids is 1. The van der Waals surface area contributed by atoms with Gasteiger partial charge in [-0.15, -0.1) is 0 Å². The van der Waals surface area contributed by atoms with Crippen LogP contribution in [0.2, 0.25) is 0 Å². The number of hydrogen-bond acceptors (Lipinski definition) is 6. The average molecular weight is 398 g/mol. The molecule has 4 heterocycles. The average Bonchev–Trinajstić information content (AvgIpc) is 3.30. The summed E-state index contributed by atoms with van der Waals surface area (Å²) in [4.78, 5) is 28.9. The van der Waals surface area contributed by atoms with Gasteiger partial charge in [0.15, 0.2) is 5.13 Å². The lowest BCUT2D eigenvalue weighted by Crippen LogP contribution is -2.44. The maximum absolute atomic E-state index is 13.1. The fourth-order valence-corrected chi connectivity index (χ4v) is 4.41. The number of thiazole rings is 1. The summed E-state index contributed by atoms with van der Waals surface area (Å²) in [5, 5.41) is 0.805. The van der Waals surface area contributed by atoms with Gasteiger partial charge < -0.3 is 14.2 Å². The van der Waals surface area contributed by atoms with E-state index in [4.69, 9.17) is 4.74 Å². The van der Waals surface area contributed by atoms with Gasteiger partial charge >= 0.3 is 6.01 Å². The van der Waals surface area contributed by atoms with Gasteiger partial charge in [-0.2, -0.15) is 0 Å². The maximum Gasteiger partial charge on any atom is 0.317 e. The van der Waals surface area contributed by atoms with E-state index in [1.165, 1.54) is 11.3 Å². The lowest BCUT2D eigenvalue weighted by molar-refractivity contribution is 0.0518. The van der Waals surface area contributed by atoms with Gasteiger partial charge in [-0.1, -0.05) is 11.3 Å². The SMILES string of the molecule is Cc1cc(C)nc(OC2CCCN(C(=O)c3sc(-n4cccc4)nc3C)C2)n1. The first-order valence-corrected chi connectivity index (χ1v) is 10.2. The van der Waals surface area contributed by atoms with E-state index in [1.807, 2.05) is 60.8 Å². The second-order valence-electron chi connectivity index (χ2n) is 7.07. The van der Waals surface area contributed by atoms with Crippen molar-refractivity contribution < 1.29 is 9.53 Å². The van der Waals surface area contributed by atoms with Gasteiger partial charge in [0.1, 0.15) is 11.0 Å². The predicted molar refractivity (Wildman–Crippen MR) is 107 cm³/mol. The van der Waals surface area contributed by atoms with Gasteiger partial charge in [0.25, 0.3) is 5.91 Å². The van der Waals surface area contributed by atoms with Crippen LogP contribution in [0.1, 0.15) is 39.6 Å². The first-order chi connectivity index (χ1) is 13.5. The molecule has 0 aromatic carbocycles. The molecule has 3 aromatic heterocycles. The van der Waals surface area contributed by atoms with Crippen LogP contribution in [0.4, 0.5) is 0 Å². The summed E-state index contributed by atoms with van der Waals surface area (Å²) in [6.45, 7) is 6.99. The monoisotopic (exact) mass is 397 g/mol. The molecule has 1 unspecified atom stereocenters. The van der Waals surface area contributed by atoms with Crippen LogP contribution in [-0.2, 0) is 0 Å². The van der Waals surface area contributed by atoms with Crippen molar-refractivity contribution in [2.75, 3.05) is 13.1 Å². The third kappa shape index (κ3) is 3.91. The zero-order valence-corrected chi connectivity index (χ0v) is 17.1. The van der Waals surface area contributed by atoms with E-state index in [1.54, 1.807) is 0 Å². The third-order valence-corrected chi connectivity index (χ3v) is 5.86. The van der Waals surface area contributed by atoms with Crippen molar-refractivity contribution in [2.45, 2.75) is 39.7 Å². The molecule has 1 atom stereocenters. The van der Waals surface area contributed by atoms with E-state index in [0.717, 1.165) is 41.6 Å². The van der Waals surface area contributed by atoms with Crippen LogP contribution < -0.4 is 4.74 Å². The second kappa shape index (κ2) is 7.71. The number of likely N-dealkylation sites (tertiary alicyclic amines) is 1. The van der Waals surface area contributed by atoms with Crippen molar-refractivity contribution in [2.24, 2.45) is 0 Å². The number of amides is 1. The van der Waals surface area contributed by atoms with Crippen LogP contribution in [0, 0.1) is 20.8 Å². The largest absolute Gasteiger partial charge is 0.458 e. The molecular weight excluding hydrogens is 374 g/mol. The van der Waals surface area contributed by atoms with E-state index in [0.29, 0.717) is 17.4 Å². The standard InChI is InChI=1S/C20H23N5O2S/c1-13-11-14(2)22-19(21-13)27-16-7-6-10-25(12-16)18(26)17-15(3)23-20(28-17)24-8-4-5-9-24/h4-5,8-9,11,16H,6-7,10,12H2,1-3H3. The maximum atomic E-state index is 13.1. The zero-order chi connectivity index (χ0) is 19.7. The van der Waals surface area contributed by atoms with Crippen LogP contribution in [0.3, 0.4) is 0 Å². The smallest absolute Gasteiger partial charge is 0.317 e. The molecule has 0 radical (unpaired) electrons. The predicted octanol–water partition coefficient (Wildman–Crippen LogP) is 3.33. The van der Waals surface area contributed by atoms with Crippen molar-refractivity contribution in [1.82, 2.24) is 24.4 Å². The summed E-state index contributed by atoms with van der Waals surface area (Å²) in [6.07, 6.45) is 5.54. The molecule has 1 aliphatic heterocycles. The Morgan fingerprint density at radius 1 is 1.14 bits per heavy atom. The molecular formula is C20H23N5O2S. The second-order valence-corrected chi connectivity index (χ2v) is 8.05. The molecule has 1 fully saturated rings. The minimum Gasteiger partial charge on any atom is -0.458 e. The number of rotatable bonds is 4. The topological polar surface area (TPSA) is 73.1 Å². The molecule has 0 aliphatic carbocycles. The molecule has 1 saturated heterocycles. The number of nitrogens with zero attached hydrogens (tertiary/aromatic N) is 5. The Balaban J connectivity index is 1.48. The van der Waals surface area contributed by atoms with E-state index in [-0.39, 0.29) is 12.0 Å². The molecule has 1 aliphatic rings. The number of hydrogen-bond donors (Lipinski definition) is 0. The van der Waals surface area contributed by atoms with Gasteiger partial charge in [-0.3, -0.25) is 4.79 Å². The van der Waals surface area contributed by atoms with Crippen molar-refractivity contribution >= 4 is 17.2 Å². The summed E-state index contributed by atoms with van der Waals surface area (Å²) >= 11 is 1.42. The van der Waals surface area contributed by atoms with E-state index < -0.39 is 0 Å². The molecule has 4 rings (SSSR count). The van der Waals surface area contributed by atoms with Gasteiger partial charge in [-0.25, -0.2) is 15.0 Å². The minimum absolute atomic E-state index is 0.0167. The lowest BCUT2D eigenvalue weighted by atomic mass is 10.1. The summed E-state index contributed by atoms with van der Waals surface area (Å²) < 4.78 is 7.92. The molecule has 7 nitrogen and oxygen atoms in total. The Hall–Kier alpha value is -2.74. The molecule has 8 heteroatoms. The molecule has 0 spiro atoms. The normalized spacial score (nSPS) is 17.0.